The van der Waals surface area contributed by atoms with E-state index in [-0.39, 0.29) is 18.2 Å². The first kappa shape index (κ1) is 22.5. The molecule has 1 saturated heterocycles. The second-order valence-corrected chi connectivity index (χ2v) is 7.94. The van der Waals surface area contributed by atoms with E-state index in [1.54, 1.807) is 39.9 Å². The van der Waals surface area contributed by atoms with E-state index < -0.39 is 0 Å². The molecule has 4 rings (SSSR count). The Kier molecular flexibility index (Phi) is 7.02. The molecule has 0 N–H and O–H groups in total. The summed E-state index contributed by atoms with van der Waals surface area (Å²) in [5.74, 6) is 2.49. The van der Waals surface area contributed by atoms with Gasteiger partial charge in [-0.25, -0.2) is 9.97 Å². The van der Waals surface area contributed by atoms with Gasteiger partial charge in [0.25, 0.3) is 0 Å². The molecule has 3 aromatic rings. The van der Waals surface area contributed by atoms with Gasteiger partial charge < -0.3 is 19.1 Å². The van der Waals surface area contributed by atoms with Crippen molar-refractivity contribution in [1.82, 2.24) is 19.9 Å². The molecule has 33 heavy (non-hydrogen) atoms. The van der Waals surface area contributed by atoms with Gasteiger partial charge in [-0.3, -0.25) is 9.78 Å². The molecule has 0 spiro atoms. The van der Waals surface area contributed by atoms with E-state index in [1.807, 2.05) is 35.2 Å². The topological polar surface area (TPSA) is 86.7 Å². The highest BCUT2D eigenvalue weighted by molar-refractivity contribution is 5.79. The molecule has 0 aliphatic carbocycles. The van der Waals surface area contributed by atoms with E-state index in [1.165, 1.54) is 0 Å². The van der Waals surface area contributed by atoms with Crippen LogP contribution in [-0.2, 0) is 11.2 Å². The molecule has 0 saturated carbocycles. The predicted molar refractivity (Wildman–Crippen MR) is 124 cm³/mol. The smallest absolute Gasteiger partial charge is 0.227 e. The zero-order chi connectivity index (χ0) is 23.2. The molecule has 0 radical (unpaired) electrons. The third kappa shape index (κ3) is 5.05. The van der Waals surface area contributed by atoms with Crippen LogP contribution in [0, 0.1) is 0 Å². The molecule has 8 nitrogen and oxygen atoms in total. The molecular formula is C25H28N4O4. The second kappa shape index (κ2) is 10.3. The zero-order valence-corrected chi connectivity index (χ0v) is 19.2. The number of amides is 1. The first-order chi connectivity index (χ1) is 16.1. The highest BCUT2D eigenvalue weighted by atomic mass is 16.5. The summed E-state index contributed by atoms with van der Waals surface area (Å²) < 4.78 is 16.2. The van der Waals surface area contributed by atoms with Crippen LogP contribution in [0.2, 0.25) is 0 Å². The first-order valence-corrected chi connectivity index (χ1v) is 10.9. The van der Waals surface area contributed by atoms with Crippen LogP contribution in [0.5, 0.6) is 17.2 Å². The van der Waals surface area contributed by atoms with Crippen LogP contribution in [0.25, 0.3) is 11.4 Å². The first-order valence-electron chi connectivity index (χ1n) is 10.9. The molecule has 2 aromatic heterocycles. The lowest BCUT2D eigenvalue weighted by molar-refractivity contribution is -0.131. The number of methoxy groups -OCH3 is 3. The Balaban J connectivity index is 1.49. The van der Waals surface area contributed by atoms with Crippen molar-refractivity contribution in [3.8, 4) is 28.6 Å². The van der Waals surface area contributed by atoms with Gasteiger partial charge in [0, 0.05) is 48.9 Å². The fraction of sp³-hybridized carbons (Fsp3) is 0.360. The maximum atomic E-state index is 13.2. The lowest BCUT2D eigenvalue weighted by Crippen LogP contribution is -2.40. The fourth-order valence-corrected chi connectivity index (χ4v) is 4.20. The number of piperidine rings is 1. The average molecular weight is 449 g/mol. The van der Waals surface area contributed by atoms with Crippen molar-refractivity contribution < 1.29 is 19.0 Å². The number of carbonyl (C=O) groups is 1. The number of pyridine rings is 1. The number of benzene rings is 1. The Bertz CT molecular complexity index is 1080. The Labute approximate surface area is 193 Å². The molecule has 1 aliphatic heterocycles. The minimum atomic E-state index is 0.0653. The highest BCUT2D eigenvalue weighted by Gasteiger charge is 2.26. The van der Waals surface area contributed by atoms with Crippen molar-refractivity contribution in [2.24, 2.45) is 0 Å². The quantitative estimate of drug-likeness (QED) is 0.547. The molecular weight excluding hydrogens is 420 g/mol. The summed E-state index contributed by atoms with van der Waals surface area (Å²) >= 11 is 0. The molecule has 1 aliphatic rings. The van der Waals surface area contributed by atoms with Crippen LogP contribution in [0.4, 0.5) is 0 Å². The predicted octanol–water partition coefficient (Wildman–Crippen LogP) is 3.51. The Morgan fingerprint density at radius 2 is 1.88 bits per heavy atom. The van der Waals surface area contributed by atoms with E-state index in [9.17, 15) is 4.79 Å². The lowest BCUT2D eigenvalue weighted by atomic mass is 9.94. The number of rotatable bonds is 7. The van der Waals surface area contributed by atoms with Gasteiger partial charge in [0.1, 0.15) is 0 Å². The van der Waals surface area contributed by atoms with Crippen molar-refractivity contribution in [3.63, 3.8) is 0 Å². The standard InChI is InChI=1S/C25H28N4O4/c1-31-21-12-17(13-22(32-2)24(21)33-3)14-23(30)29-11-5-7-19(16-29)20-8-10-27-25(28-20)18-6-4-9-26-15-18/h4,6,8-10,12-13,15,19H,5,7,11,14,16H2,1-3H3/t19-/m1/s1. The Morgan fingerprint density at radius 1 is 1.09 bits per heavy atom. The van der Waals surface area contributed by atoms with Gasteiger partial charge in [0.15, 0.2) is 17.3 Å². The number of likely N-dealkylation sites (tertiary alicyclic amines) is 1. The summed E-state index contributed by atoms with van der Waals surface area (Å²) in [7, 11) is 4.70. The molecule has 8 heteroatoms. The van der Waals surface area contributed by atoms with E-state index in [4.69, 9.17) is 19.2 Å². The summed E-state index contributed by atoms with van der Waals surface area (Å²) in [6.45, 7) is 1.37. The van der Waals surface area contributed by atoms with Crippen LogP contribution in [0.3, 0.4) is 0 Å². The summed E-state index contributed by atoms with van der Waals surface area (Å²) in [6.07, 6.45) is 7.43. The minimum absolute atomic E-state index is 0.0653. The molecule has 0 bridgehead atoms. The van der Waals surface area contributed by atoms with Gasteiger partial charge in [0.2, 0.25) is 11.7 Å². The van der Waals surface area contributed by atoms with Crippen LogP contribution in [0.1, 0.15) is 30.0 Å². The normalized spacial score (nSPS) is 15.7. The Morgan fingerprint density at radius 3 is 2.55 bits per heavy atom. The van der Waals surface area contributed by atoms with Crippen LogP contribution in [0.15, 0.2) is 48.9 Å². The number of aromatic nitrogens is 3. The molecule has 1 aromatic carbocycles. The maximum absolute atomic E-state index is 13.2. The van der Waals surface area contributed by atoms with E-state index in [2.05, 4.69) is 9.97 Å². The molecule has 1 atom stereocenters. The third-order valence-electron chi connectivity index (χ3n) is 5.87. The molecule has 1 amide bonds. The minimum Gasteiger partial charge on any atom is -0.493 e. The number of nitrogens with zero attached hydrogens (tertiary/aromatic N) is 4. The number of carbonyl (C=O) groups excluding carboxylic acids is 1. The number of hydrogen-bond acceptors (Lipinski definition) is 7. The largest absolute Gasteiger partial charge is 0.493 e. The van der Waals surface area contributed by atoms with E-state index in [0.717, 1.165) is 36.2 Å². The number of hydrogen-bond donors (Lipinski definition) is 0. The monoisotopic (exact) mass is 448 g/mol. The van der Waals surface area contributed by atoms with Gasteiger partial charge in [-0.1, -0.05) is 0 Å². The van der Waals surface area contributed by atoms with Crippen LogP contribution < -0.4 is 14.2 Å². The van der Waals surface area contributed by atoms with E-state index in [0.29, 0.717) is 29.6 Å². The van der Waals surface area contributed by atoms with Crippen LogP contribution in [-0.4, -0.2) is 60.2 Å². The third-order valence-corrected chi connectivity index (χ3v) is 5.87. The summed E-state index contributed by atoms with van der Waals surface area (Å²) in [6, 6.07) is 9.41. The fourth-order valence-electron chi connectivity index (χ4n) is 4.20. The molecule has 0 unspecified atom stereocenters. The van der Waals surface area contributed by atoms with Gasteiger partial charge in [-0.15, -0.1) is 0 Å². The average Bonchev–Trinajstić information content (AvgIpc) is 2.88. The second-order valence-electron chi connectivity index (χ2n) is 7.94. The van der Waals surface area contributed by atoms with Gasteiger partial charge in [-0.05, 0) is 48.7 Å². The van der Waals surface area contributed by atoms with Gasteiger partial charge in [-0.2, -0.15) is 0 Å². The summed E-state index contributed by atoms with van der Waals surface area (Å²) in [5.41, 5.74) is 2.65. The molecule has 172 valence electrons. The molecule has 3 heterocycles. The summed E-state index contributed by atoms with van der Waals surface area (Å²) in [5, 5.41) is 0. The SMILES string of the molecule is COc1cc(CC(=O)N2CCC[C@@H](c3ccnc(-c4cccnc4)n3)C2)cc(OC)c1OC. The van der Waals surface area contributed by atoms with Crippen molar-refractivity contribution in [2.75, 3.05) is 34.4 Å². The van der Waals surface area contributed by atoms with Crippen LogP contribution >= 0.6 is 0 Å². The van der Waals surface area contributed by atoms with Crippen molar-refractivity contribution in [3.05, 3.63) is 60.2 Å². The molecule has 1 fully saturated rings. The van der Waals surface area contributed by atoms with Crippen molar-refractivity contribution in [2.45, 2.75) is 25.2 Å². The van der Waals surface area contributed by atoms with Gasteiger partial charge in [0.05, 0.1) is 27.8 Å². The number of ether oxygens (including phenoxy) is 3. The van der Waals surface area contributed by atoms with Gasteiger partial charge >= 0.3 is 0 Å². The summed E-state index contributed by atoms with van der Waals surface area (Å²) in [4.78, 5) is 28.4. The van der Waals surface area contributed by atoms with Crippen molar-refractivity contribution in [1.29, 1.82) is 0 Å². The van der Waals surface area contributed by atoms with Crippen molar-refractivity contribution >= 4 is 5.91 Å². The zero-order valence-electron chi connectivity index (χ0n) is 19.2. The van der Waals surface area contributed by atoms with E-state index >= 15 is 0 Å². The highest BCUT2D eigenvalue weighted by Crippen LogP contribution is 2.38. The Hall–Kier alpha value is -3.68. The maximum Gasteiger partial charge on any atom is 0.227 e. The lowest BCUT2D eigenvalue weighted by Gasteiger charge is -2.32.